The van der Waals surface area contributed by atoms with E-state index in [0.29, 0.717) is 4.70 Å². The Balaban J connectivity index is 2.74. The van der Waals surface area contributed by atoms with Crippen molar-refractivity contribution in [3.05, 3.63) is 29.0 Å². The summed E-state index contributed by atoms with van der Waals surface area (Å²) in [4.78, 5) is 4.27. The summed E-state index contributed by atoms with van der Waals surface area (Å²) in [6.45, 7) is 2.02. The van der Waals surface area contributed by atoms with Gasteiger partial charge in [-0.05, 0) is 18.6 Å². The molecule has 1 aromatic carbocycles. The highest BCUT2D eigenvalue weighted by atomic mass is 32.1. The van der Waals surface area contributed by atoms with Crippen LogP contribution in [-0.2, 0) is 6.42 Å². The van der Waals surface area contributed by atoms with E-state index in [4.69, 9.17) is 0 Å². The quantitative estimate of drug-likeness (QED) is 0.659. The largest absolute Gasteiger partial charge is 0.241 e. The number of hydrogen-bond acceptors (Lipinski definition) is 2. The van der Waals surface area contributed by atoms with Crippen molar-refractivity contribution >= 4 is 21.6 Å². The molecule has 0 bridgehead atoms. The first kappa shape index (κ1) is 7.68. The normalized spacial score (nSPS) is 10.8. The van der Waals surface area contributed by atoms with Crippen molar-refractivity contribution in [2.24, 2.45) is 0 Å². The molecule has 1 aromatic heterocycles. The summed E-state index contributed by atoms with van der Waals surface area (Å²) in [5, 5.41) is 0.995. The molecular weight excluding hydrogens is 173 g/mol. The lowest BCUT2D eigenvalue weighted by molar-refractivity contribution is 0.641. The Morgan fingerprint density at radius 2 is 2.33 bits per heavy atom. The molecule has 2 rings (SSSR count). The number of fused-ring (bicyclic) bond motifs is 1. The van der Waals surface area contributed by atoms with Crippen molar-refractivity contribution in [1.82, 2.24) is 4.98 Å². The first-order chi connectivity index (χ1) is 5.81. The SMILES string of the molecule is CCc1nc2cccc(F)c2s1. The van der Waals surface area contributed by atoms with Gasteiger partial charge in [0.25, 0.3) is 0 Å². The number of aromatic nitrogens is 1. The number of halogens is 1. The standard InChI is InChI=1S/C9H8FNS/c1-2-8-11-7-5-3-4-6(10)9(7)12-8/h3-5H,2H2,1H3. The molecule has 1 heterocycles. The van der Waals surface area contributed by atoms with Crippen molar-refractivity contribution in [2.45, 2.75) is 13.3 Å². The van der Waals surface area contributed by atoms with Gasteiger partial charge in [0.15, 0.2) is 0 Å². The number of thiazole rings is 1. The van der Waals surface area contributed by atoms with E-state index in [1.807, 2.05) is 13.0 Å². The van der Waals surface area contributed by atoms with E-state index in [1.54, 1.807) is 6.07 Å². The topological polar surface area (TPSA) is 12.9 Å². The van der Waals surface area contributed by atoms with Crippen LogP contribution in [-0.4, -0.2) is 4.98 Å². The van der Waals surface area contributed by atoms with Gasteiger partial charge in [-0.2, -0.15) is 0 Å². The van der Waals surface area contributed by atoms with Gasteiger partial charge in [-0.15, -0.1) is 11.3 Å². The Labute approximate surface area is 73.9 Å². The van der Waals surface area contributed by atoms with Crippen LogP contribution < -0.4 is 0 Å². The third kappa shape index (κ3) is 1.10. The summed E-state index contributed by atoms with van der Waals surface area (Å²) in [5.41, 5.74) is 0.775. The maximum absolute atomic E-state index is 13.1. The van der Waals surface area contributed by atoms with Crippen LogP contribution in [0.4, 0.5) is 4.39 Å². The fourth-order valence-corrected chi connectivity index (χ4v) is 2.02. The first-order valence-corrected chi connectivity index (χ1v) is 4.67. The molecule has 12 heavy (non-hydrogen) atoms. The van der Waals surface area contributed by atoms with Crippen LogP contribution in [0.1, 0.15) is 11.9 Å². The third-order valence-electron chi connectivity index (χ3n) is 1.71. The van der Waals surface area contributed by atoms with E-state index in [2.05, 4.69) is 4.98 Å². The third-order valence-corrected chi connectivity index (χ3v) is 2.94. The number of benzene rings is 1. The summed E-state index contributed by atoms with van der Waals surface area (Å²) in [7, 11) is 0. The lowest BCUT2D eigenvalue weighted by atomic mass is 10.3. The van der Waals surface area contributed by atoms with Gasteiger partial charge in [-0.1, -0.05) is 13.0 Å². The molecule has 3 heteroatoms. The summed E-state index contributed by atoms with van der Waals surface area (Å²) < 4.78 is 13.8. The van der Waals surface area contributed by atoms with Crippen molar-refractivity contribution < 1.29 is 4.39 Å². The van der Waals surface area contributed by atoms with E-state index < -0.39 is 0 Å². The zero-order valence-corrected chi connectivity index (χ0v) is 7.49. The monoisotopic (exact) mass is 181 g/mol. The zero-order valence-electron chi connectivity index (χ0n) is 6.67. The molecular formula is C9H8FNS. The molecule has 0 saturated carbocycles. The fraction of sp³-hybridized carbons (Fsp3) is 0.222. The Bertz CT molecular complexity index is 408. The lowest BCUT2D eigenvalue weighted by Gasteiger charge is -1.86. The van der Waals surface area contributed by atoms with Crippen molar-refractivity contribution in [3.63, 3.8) is 0 Å². The minimum Gasteiger partial charge on any atom is -0.241 e. The van der Waals surface area contributed by atoms with Crippen molar-refractivity contribution in [3.8, 4) is 0 Å². The van der Waals surface area contributed by atoms with Crippen LogP contribution in [0.3, 0.4) is 0 Å². The number of aryl methyl sites for hydroxylation is 1. The van der Waals surface area contributed by atoms with E-state index in [0.717, 1.165) is 16.9 Å². The zero-order chi connectivity index (χ0) is 8.55. The molecule has 0 aliphatic heterocycles. The van der Waals surface area contributed by atoms with Gasteiger partial charge in [-0.25, -0.2) is 9.37 Å². The van der Waals surface area contributed by atoms with Gasteiger partial charge in [0, 0.05) is 0 Å². The smallest absolute Gasteiger partial charge is 0.142 e. The second kappa shape index (κ2) is 2.83. The maximum Gasteiger partial charge on any atom is 0.142 e. The Kier molecular flexibility index (Phi) is 1.81. The molecule has 62 valence electrons. The molecule has 0 aliphatic carbocycles. The van der Waals surface area contributed by atoms with Crippen molar-refractivity contribution in [1.29, 1.82) is 0 Å². The second-order valence-corrected chi connectivity index (χ2v) is 3.63. The molecule has 0 N–H and O–H groups in total. The Hall–Kier alpha value is -0.960. The average Bonchev–Trinajstić information content (AvgIpc) is 2.49. The van der Waals surface area contributed by atoms with Crippen LogP contribution >= 0.6 is 11.3 Å². The molecule has 0 fully saturated rings. The van der Waals surface area contributed by atoms with Crippen LogP contribution in [0.25, 0.3) is 10.2 Å². The molecule has 0 aliphatic rings. The molecule has 0 saturated heterocycles. The van der Waals surface area contributed by atoms with Gasteiger partial charge >= 0.3 is 0 Å². The van der Waals surface area contributed by atoms with Crippen LogP contribution in [0.5, 0.6) is 0 Å². The minimum absolute atomic E-state index is 0.162. The van der Waals surface area contributed by atoms with E-state index in [9.17, 15) is 4.39 Å². The molecule has 2 aromatic rings. The summed E-state index contributed by atoms with van der Waals surface area (Å²) >= 11 is 1.44. The highest BCUT2D eigenvalue weighted by Crippen LogP contribution is 2.24. The average molecular weight is 181 g/mol. The first-order valence-electron chi connectivity index (χ1n) is 3.85. The predicted molar refractivity (Wildman–Crippen MR) is 49.0 cm³/mol. The fourth-order valence-electron chi connectivity index (χ4n) is 1.11. The molecule has 0 radical (unpaired) electrons. The second-order valence-electron chi connectivity index (χ2n) is 2.55. The van der Waals surface area contributed by atoms with Crippen LogP contribution in [0, 0.1) is 5.82 Å². The summed E-state index contributed by atoms with van der Waals surface area (Å²) in [6.07, 6.45) is 0.874. The lowest BCUT2D eigenvalue weighted by Crippen LogP contribution is -1.74. The molecule has 0 spiro atoms. The van der Waals surface area contributed by atoms with Gasteiger partial charge in [0.2, 0.25) is 0 Å². The molecule has 0 amide bonds. The summed E-state index contributed by atoms with van der Waals surface area (Å²) in [5.74, 6) is -0.162. The van der Waals surface area contributed by atoms with Gasteiger partial charge < -0.3 is 0 Å². The number of hydrogen-bond donors (Lipinski definition) is 0. The van der Waals surface area contributed by atoms with E-state index in [1.165, 1.54) is 17.4 Å². The van der Waals surface area contributed by atoms with E-state index >= 15 is 0 Å². The highest BCUT2D eigenvalue weighted by Gasteiger charge is 2.05. The predicted octanol–water partition coefficient (Wildman–Crippen LogP) is 3.00. The molecule has 1 nitrogen and oxygen atoms in total. The Morgan fingerprint density at radius 1 is 1.50 bits per heavy atom. The van der Waals surface area contributed by atoms with Crippen molar-refractivity contribution in [2.75, 3.05) is 0 Å². The van der Waals surface area contributed by atoms with Crippen LogP contribution in [0.15, 0.2) is 18.2 Å². The highest BCUT2D eigenvalue weighted by molar-refractivity contribution is 7.18. The Morgan fingerprint density at radius 3 is 3.00 bits per heavy atom. The number of nitrogens with zero attached hydrogens (tertiary/aromatic N) is 1. The van der Waals surface area contributed by atoms with Crippen LogP contribution in [0.2, 0.25) is 0 Å². The van der Waals surface area contributed by atoms with Gasteiger partial charge in [0.1, 0.15) is 5.82 Å². The minimum atomic E-state index is -0.162. The molecule has 0 unspecified atom stereocenters. The molecule has 0 atom stereocenters. The van der Waals surface area contributed by atoms with Gasteiger partial charge in [0.05, 0.1) is 15.2 Å². The van der Waals surface area contributed by atoms with E-state index in [-0.39, 0.29) is 5.82 Å². The summed E-state index contributed by atoms with van der Waals surface area (Å²) in [6, 6.07) is 5.00. The number of rotatable bonds is 1. The van der Waals surface area contributed by atoms with Gasteiger partial charge in [-0.3, -0.25) is 0 Å². The maximum atomic E-state index is 13.1.